The van der Waals surface area contributed by atoms with Gasteiger partial charge in [0.1, 0.15) is 5.82 Å². The van der Waals surface area contributed by atoms with Crippen molar-refractivity contribution in [3.05, 3.63) is 34.6 Å². The summed E-state index contributed by atoms with van der Waals surface area (Å²) in [4.78, 5) is 24.0. The molecule has 96 valence electrons. The zero-order chi connectivity index (χ0) is 13.3. The van der Waals surface area contributed by atoms with Crippen molar-refractivity contribution >= 4 is 23.4 Å². The van der Waals surface area contributed by atoms with Crippen LogP contribution < -0.4 is 5.32 Å². The summed E-state index contributed by atoms with van der Waals surface area (Å²) in [6, 6.07) is 3.91. The summed E-state index contributed by atoms with van der Waals surface area (Å²) < 4.78 is 13.2. The van der Waals surface area contributed by atoms with Gasteiger partial charge in [-0.1, -0.05) is 17.7 Å². The Morgan fingerprint density at radius 1 is 1.50 bits per heavy atom. The van der Waals surface area contributed by atoms with Crippen molar-refractivity contribution in [2.45, 2.75) is 19.0 Å². The number of amides is 2. The molecule has 0 aliphatic carbocycles. The van der Waals surface area contributed by atoms with E-state index in [-0.39, 0.29) is 23.3 Å². The Labute approximate surface area is 109 Å². The Hall–Kier alpha value is -1.46. The highest BCUT2D eigenvalue weighted by Crippen LogP contribution is 2.16. The average molecular weight is 271 g/mol. The van der Waals surface area contributed by atoms with E-state index in [0.717, 1.165) is 4.90 Å². The maximum Gasteiger partial charge on any atom is 0.246 e. The molecule has 18 heavy (non-hydrogen) atoms. The molecule has 0 aromatic heterocycles. The molecule has 1 atom stereocenters. The van der Waals surface area contributed by atoms with Crippen LogP contribution in [0.25, 0.3) is 0 Å². The van der Waals surface area contributed by atoms with E-state index in [1.165, 1.54) is 19.2 Å². The summed E-state index contributed by atoms with van der Waals surface area (Å²) in [5.41, 5.74) is 0.673. The van der Waals surface area contributed by atoms with Gasteiger partial charge in [-0.15, -0.1) is 0 Å². The Bertz CT molecular complexity index is 507. The number of benzene rings is 1. The smallest absolute Gasteiger partial charge is 0.246 e. The van der Waals surface area contributed by atoms with Crippen molar-refractivity contribution in [1.82, 2.24) is 10.2 Å². The van der Waals surface area contributed by atoms with Gasteiger partial charge in [-0.2, -0.15) is 0 Å². The lowest BCUT2D eigenvalue weighted by Gasteiger charge is -2.11. The molecule has 2 amide bonds. The van der Waals surface area contributed by atoms with Crippen molar-refractivity contribution < 1.29 is 14.0 Å². The quantitative estimate of drug-likeness (QED) is 0.843. The molecule has 0 radical (unpaired) electrons. The lowest BCUT2D eigenvalue weighted by Crippen LogP contribution is -2.36. The molecule has 4 nitrogen and oxygen atoms in total. The molecular formula is C12H12ClFN2O2. The topological polar surface area (TPSA) is 49.4 Å². The normalized spacial score (nSPS) is 19.7. The van der Waals surface area contributed by atoms with Gasteiger partial charge in [0.15, 0.2) is 0 Å². The average Bonchev–Trinajstić information content (AvgIpc) is 2.58. The van der Waals surface area contributed by atoms with Gasteiger partial charge in [0.2, 0.25) is 11.8 Å². The summed E-state index contributed by atoms with van der Waals surface area (Å²) in [6.07, 6.45) is 0.144. The van der Waals surface area contributed by atoms with Crippen LogP contribution in [0, 0.1) is 5.82 Å². The molecule has 1 fully saturated rings. The maximum atomic E-state index is 13.2. The molecule has 0 saturated carbocycles. The molecule has 1 aliphatic heterocycles. The third kappa shape index (κ3) is 2.52. The molecule has 0 spiro atoms. The van der Waals surface area contributed by atoms with Gasteiger partial charge in [-0.25, -0.2) is 4.39 Å². The standard InChI is InChI=1S/C12H12ClFN2O2/c1-16-11(17)5-10(12(16)18)15-6-7-2-3-8(13)9(14)4-7/h2-4,10,15H,5-6H2,1H3. The first kappa shape index (κ1) is 13.0. The molecule has 1 heterocycles. The van der Waals surface area contributed by atoms with E-state index in [4.69, 9.17) is 11.6 Å². The van der Waals surface area contributed by atoms with Gasteiger partial charge < -0.3 is 5.32 Å². The van der Waals surface area contributed by atoms with E-state index in [0.29, 0.717) is 12.1 Å². The van der Waals surface area contributed by atoms with Crippen molar-refractivity contribution in [1.29, 1.82) is 0 Å². The minimum absolute atomic E-state index is 0.0607. The highest BCUT2D eigenvalue weighted by Gasteiger charge is 2.35. The number of hydrogen-bond donors (Lipinski definition) is 1. The van der Waals surface area contributed by atoms with E-state index < -0.39 is 11.9 Å². The van der Waals surface area contributed by atoms with Crippen molar-refractivity contribution in [3.8, 4) is 0 Å². The van der Waals surface area contributed by atoms with E-state index >= 15 is 0 Å². The first-order valence-corrected chi connectivity index (χ1v) is 5.84. The minimum Gasteiger partial charge on any atom is -0.301 e. The Kier molecular flexibility index (Phi) is 3.63. The number of nitrogens with one attached hydrogen (secondary N) is 1. The molecule has 1 N–H and O–H groups in total. The van der Waals surface area contributed by atoms with Gasteiger partial charge in [-0.05, 0) is 17.7 Å². The van der Waals surface area contributed by atoms with E-state index in [1.807, 2.05) is 0 Å². The molecule has 1 aromatic carbocycles. The zero-order valence-electron chi connectivity index (χ0n) is 9.74. The number of hydrogen-bond acceptors (Lipinski definition) is 3. The fourth-order valence-corrected chi connectivity index (χ4v) is 1.92. The Balaban J connectivity index is 1.98. The lowest BCUT2D eigenvalue weighted by atomic mass is 10.2. The van der Waals surface area contributed by atoms with Crippen LogP contribution >= 0.6 is 11.6 Å². The predicted molar refractivity (Wildman–Crippen MR) is 64.4 cm³/mol. The number of rotatable bonds is 3. The third-order valence-corrected chi connectivity index (χ3v) is 3.22. The number of carbonyl (C=O) groups is 2. The van der Waals surface area contributed by atoms with Gasteiger partial charge in [0, 0.05) is 13.6 Å². The summed E-state index contributed by atoms with van der Waals surface area (Å²) in [5, 5.41) is 2.99. The molecule has 0 bridgehead atoms. The summed E-state index contributed by atoms with van der Waals surface area (Å²) >= 11 is 5.57. The second kappa shape index (κ2) is 5.04. The Morgan fingerprint density at radius 3 is 2.78 bits per heavy atom. The van der Waals surface area contributed by atoms with Crippen LogP contribution in [0.3, 0.4) is 0 Å². The molecule has 1 unspecified atom stereocenters. The molecule has 1 aliphatic rings. The molecular weight excluding hydrogens is 259 g/mol. The molecule has 6 heteroatoms. The van der Waals surface area contributed by atoms with Crippen molar-refractivity contribution in [2.24, 2.45) is 0 Å². The van der Waals surface area contributed by atoms with Crippen LogP contribution in [0.15, 0.2) is 18.2 Å². The second-order valence-corrected chi connectivity index (χ2v) is 4.58. The van der Waals surface area contributed by atoms with Crippen LogP contribution in [0.2, 0.25) is 5.02 Å². The van der Waals surface area contributed by atoms with Crippen LogP contribution in [-0.4, -0.2) is 29.8 Å². The minimum atomic E-state index is -0.527. The molecule has 1 aromatic rings. The number of halogens is 2. The second-order valence-electron chi connectivity index (χ2n) is 4.18. The Morgan fingerprint density at radius 2 is 2.22 bits per heavy atom. The lowest BCUT2D eigenvalue weighted by molar-refractivity contribution is -0.137. The van der Waals surface area contributed by atoms with Crippen LogP contribution in [0.4, 0.5) is 4.39 Å². The number of imide groups is 1. The van der Waals surface area contributed by atoms with Gasteiger partial charge >= 0.3 is 0 Å². The van der Waals surface area contributed by atoms with Crippen molar-refractivity contribution in [2.75, 3.05) is 7.05 Å². The number of likely N-dealkylation sites (tertiary alicyclic amines) is 1. The molecule has 1 saturated heterocycles. The molecule has 2 rings (SSSR count). The first-order valence-electron chi connectivity index (χ1n) is 5.46. The highest BCUT2D eigenvalue weighted by molar-refractivity contribution is 6.30. The van der Waals surface area contributed by atoms with E-state index in [9.17, 15) is 14.0 Å². The van der Waals surface area contributed by atoms with E-state index in [1.54, 1.807) is 6.07 Å². The SMILES string of the molecule is CN1C(=O)CC(NCc2ccc(Cl)c(F)c2)C1=O. The van der Waals surface area contributed by atoms with Crippen LogP contribution in [0.5, 0.6) is 0 Å². The zero-order valence-corrected chi connectivity index (χ0v) is 10.5. The highest BCUT2D eigenvalue weighted by atomic mass is 35.5. The number of nitrogens with zero attached hydrogens (tertiary/aromatic N) is 1. The van der Waals surface area contributed by atoms with Crippen molar-refractivity contribution in [3.63, 3.8) is 0 Å². The predicted octanol–water partition coefficient (Wildman–Crippen LogP) is 1.33. The van der Waals surface area contributed by atoms with E-state index in [2.05, 4.69) is 5.32 Å². The van der Waals surface area contributed by atoms with Crippen LogP contribution in [0.1, 0.15) is 12.0 Å². The summed E-state index contributed by atoms with van der Waals surface area (Å²) in [7, 11) is 1.45. The monoisotopic (exact) mass is 270 g/mol. The largest absolute Gasteiger partial charge is 0.301 e. The van der Waals surface area contributed by atoms with Gasteiger partial charge in [0.25, 0.3) is 0 Å². The fraction of sp³-hybridized carbons (Fsp3) is 0.333. The number of likely N-dealkylation sites (N-methyl/N-ethyl adjacent to an activating group) is 1. The van der Waals surface area contributed by atoms with Crippen LogP contribution in [-0.2, 0) is 16.1 Å². The third-order valence-electron chi connectivity index (χ3n) is 2.92. The number of carbonyl (C=O) groups excluding carboxylic acids is 2. The van der Waals surface area contributed by atoms with Gasteiger partial charge in [-0.3, -0.25) is 14.5 Å². The first-order chi connectivity index (χ1) is 8.49. The maximum absolute atomic E-state index is 13.2. The fourth-order valence-electron chi connectivity index (χ4n) is 1.81. The summed E-state index contributed by atoms with van der Waals surface area (Å²) in [6.45, 7) is 0.311. The van der Waals surface area contributed by atoms with Gasteiger partial charge in [0.05, 0.1) is 17.5 Å². The summed E-state index contributed by atoms with van der Waals surface area (Å²) in [5.74, 6) is -0.962.